The summed E-state index contributed by atoms with van der Waals surface area (Å²) >= 11 is 0. The number of sulfonamides is 1. The molecule has 0 heterocycles. The Balaban J connectivity index is 2.05. The number of amides is 1. The lowest BCUT2D eigenvalue weighted by Crippen LogP contribution is -2.46. The molecule has 1 aliphatic carbocycles. The van der Waals surface area contributed by atoms with Gasteiger partial charge in [0.1, 0.15) is 0 Å². The van der Waals surface area contributed by atoms with Crippen LogP contribution in [0, 0.1) is 11.3 Å². The van der Waals surface area contributed by atoms with Gasteiger partial charge >= 0.3 is 0 Å². The summed E-state index contributed by atoms with van der Waals surface area (Å²) in [6, 6.07) is 6.22. The third-order valence-electron chi connectivity index (χ3n) is 5.22. The molecule has 27 heavy (non-hydrogen) atoms. The molecule has 2 N–H and O–H groups in total. The maximum absolute atomic E-state index is 12.7. The molecule has 1 fully saturated rings. The predicted molar refractivity (Wildman–Crippen MR) is 106 cm³/mol. The molecule has 0 spiro atoms. The van der Waals surface area contributed by atoms with Crippen molar-refractivity contribution in [3.63, 3.8) is 0 Å². The van der Waals surface area contributed by atoms with Crippen LogP contribution in [-0.2, 0) is 14.8 Å². The zero-order valence-corrected chi connectivity index (χ0v) is 17.6. The number of hydrogen-bond acceptors (Lipinski definition) is 4. The van der Waals surface area contributed by atoms with E-state index in [0.29, 0.717) is 18.1 Å². The minimum Gasteiger partial charge on any atom is -0.383 e. The van der Waals surface area contributed by atoms with Crippen LogP contribution in [0.1, 0.15) is 56.8 Å². The van der Waals surface area contributed by atoms with Crippen molar-refractivity contribution in [1.29, 1.82) is 0 Å². The van der Waals surface area contributed by atoms with Crippen LogP contribution in [0.5, 0.6) is 0 Å². The Morgan fingerprint density at radius 1 is 1.15 bits per heavy atom. The van der Waals surface area contributed by atoms with Gasteiger partial charge in [-0.15, -0.1) is 0 Å². The highest BCUT2D eigenvalue weighted by molar-refractivity contribution is 7.89. The largest absolute Gasteiger partial charge is 0.383 e. The fourth-order valence-electron chi connectivity index (χ4n) is 3.74. The van der Waals surface area contributed by atoms with E-state index in [1.165, 1.54) is 25.7 Å². The summed E-state index contributed by atoms with van der Waals surface area (Å²) < 4.78 is 31.7. The summed E-state index contributed by atoms with van der Waals surface area (Å²) in [4.78, 5) is 12.8. The van der Waals surface area contributed by atoms with E-state index in [4.69, 9.17) is 4.74 Å². The van der Waals surface area contributed by atoms with Gasteiger partial charge in [-0.05, 0) is 48.4 Å². The molecule has 0 aromatic heterocycles. The molecule has 0 saturated heterocycles. The molecule has 2 unspecified atom stereocenters. The zero-order chi connectivity index (χ0) is 20.1. The SMILES string of the molecule is COCCNS(=O)(=O)c1ccc(C(=O)NC2CCCCC2C(C)(C)C)cc1. The normalized spacial score (nSPS) is 21.0. The molecular formula is C20H32N2O4S. The van der Waals surface area contributed by atoms with Crippen LogP contribution < -0.4 is 10.0 Å². The quantitative estimate of drug-likeness (QED) is 0.694. The predicted octanol–water partition coefficient (Wildman–Crippen LogP) is 2.95. The molecule has 152 valence electrons. The van der Waals surface area contributed by atoms with E-state index >= 15 is 0 Å². The van der Waals surface area contributed by atoms with Crippen molar-refractivity contribution in [2.75, 3.05) is 20.3 Å². The molecule has 0 radical (unpaired) electrons. The van der Waals surface area contributed by atoms with Crippen LogP contribution in [0.15, 0.2) is 29.2 Å². The monoisotopic (exact) mass is 396 g/mol. The third-order valence-corrected chi connectivity index (χ3v) is 6.70. The molecule has 7 heteroatoms. The van der Waals surface area contributed by atoms with Gasteiger partial charge in [0.15, 0.2) is 0 Å². The second kappa shape index (κ2) is 9.17. The molecule has 0 aliphatic heterocycles. The summed E-state index contributed by atoms with van der Waals surface area (Å²) in [7, 11) is -2.08. The lowest BCUT2D eigenvalue weighted by atomic mass is 9.69. The maximum Gasteiger partial charge on any atom is 0.251 e. The highest BCUT2D eigenvalue weighted by Gasteiger charge is 2.35. The first-order valence-electron chi connectivity index (χ1n) is 9.54. The summed E-state index contributed by atoms with van der Waals surface area (Å²) in [6.07, 6.45) is 4.45. The molecule has 1 aliphatic rings. The first kappa shape index (κ1) is 21.9. The summed E-state index contributed by atoms with van der Waals surface area (Å²) in [6.45, 7) is 7.17. The molecule has 1 aromatic carbocycles. The summed E-state index contributed by atoms with van der Waals surface area (Å²) in [5.41, 5.74) is 0.619. The number of carbonyl (C=O) groups is 1. The van der Waals surface area contributed by atoms with E-state index in [1.807, 2.05) is 0 Å². The fraction of sp³-hybridized carbons (Fsp3) is 0.650. The molecule has 0 bridgehead atoms. The Morgan fingerprint density at radius 2 is 1.78 bits per heavy atom. The lowest BCUT2D eigenvalue weighted by Gasteiger charge is -2.40. The Labute approximate surface area is 163 Å². The number of rotatable bonds is 7. The Hall–Kier alpha value is -1.44. The van der Waals surface area contributed by atoms with E-state index < -0.39 is 10.0 Å². The second-order valence-electron chi connectivity index (χ2n) is 8.25. The van der Waals surface area contributed by atoms with Gasteiger partial charge in [-0.3, -0.25) is 4.79 Å². The number of carbonyl (C=O) groups excluding carboxylic acids is 1. The van der Waals surface area contributed by atoms with E-state index in [0.717, 1.165) is 19.3 Å². The standard InChI is InChI=1S/C20H32N2O4S/c1-20(2,3)17-7-5-6-8-18(17)22-19(23)15-9-11-16(12-10-15)27(24,25)21-13-14-26-4/h9-12,17-18,21H,5-8,13-14H2,1-4H3,(H,22,23). The van der Waals surface area contributed by atoms with Gasteiger partial charge in [-0.1, -0.05) is 33.6 Å². The van der Waals surface area contributed by atoms with Crippen LogP contribution in [0.3, 0.4) is 0 Å². The van der Waals surface area contributed by atoms with Crippen molar-refractivity contribution in [2.45, 2.75) is 57.4 Å². The van der Waals surface area contributed by atoms with E-state index in [9.17, 15) is 13.2 Å². The van der Waals surface area contributed by atoms with Crippen LogP contribution in [0.4, 0.5) is 0 Å². The highest BCUT2D eigenvalue weighted by atomic mass is 32.2. The van der Waals surface area contributed by atoms with Gasteiger partial charge in [0, 0.05) is 25.3 Å². The van der Waals surface area contributed by atoms with Gasteiger partial charge in [0.25, 0.3) is 5.91 Å². The number of nitrogens with one attached hydrogen (secondary N) is 2. The van der Waals surface area contributed by atoms with E-state index in [-0.39, 0.29) is 28.8 Å². The molecule has 6 nitrogen and oxygen atoms in total. The smallest absolute Gasteiger partial charge is 0.251 e. The number of hydrogen-bond donors (Lipinski definition) is 2. The Morgan fingerprint density at radius 3 is 2.37 bits per heavy atom. The van der Waals surface area contributed by atoms with Crippen molar-refractivity contribution < 1.29 is 17.9 Å². The minimum absolute atomic E-state index is 0.139. The van der Waals surface area contributed by atoms with Gasteiger partial charge in [0.2, 0.25) is 10.0 Å². The lowest BCUT2D eigenvalue weighted by molar-refractivity contribution is 0.0830. The van der Waals surface area contributed by atoms with Crippen molar-refractivity contribution in [2.24, 2.45) is 11.3 Å². The minimum atomic E-state index is -3.59. The number of ether oxygens (including phenoxy) is 1. The Bertz CT molecular complexity index is 723. The van der Waals surface area contributed by atoms with Crippen LogP contribution in [0.2, 0.25) is 0 Å². The molecular weight excluding hydrogens is 364 g/mol. The molecule has 1 saturated carbocycles. The average Bonchev–Trinajstić information content (AvgIpc) is 2.61. The van der Waals surface area contributed by atoms with Gasteiger partial charge in [-0.2, -0.15) is 0 Å². The fourth-order valence-corrected chi connectivity index (χ4v) is 4.75. The third kappa shape index (κ3) is 6.02. The molecule has 1 amide bonds. The van der Waals surface area contributed by atoms with Crippen LogP contribution >= 0.6 is 0 Å². The first-order valence-corrected chi connectivity index (χ1v) is 11.0. The molecule has 1 aromatic rings. The topological polar surface area (TPSA) is 84.5 Å². The van der Waals surface area contributed by atoms with Gasteiger partial charge in [0.05, 0.1) is 11.5 Å². The van der Waals surface area contributed by atoms with Crippen molar-refractivity contribution in [3.05, 3.63) is 29.8 Å². The number of methoxy groups -OCH3 is 1. The number of benzene rings is 1. The van der Waals surface area contributed by atoms with E-state index in [2.05, 4.69) is 30.8 Å². The zero-order valence-electron chi connectivity index (χ0n) is 16.7. The summed E-state index contributed by atoms with van der Waals surface area (Å²) in [5.74, 6) is 0.298. The second-order valence-corrected chi connectivity index (χ2v) is 10.0. The Kier molecular flexibility index (Phi) is 7.42. The first-order chi connectivity index (χ1) is 12.6. The van der Waals surface area contributed by atoms with Crippen LogP contribution in [-0.4, -0.2) is 40.6 Å². The van der Waals surface area contributed by atoms with Crippen molar-refractivity contribution in [1.82, 2.24) is 10.0 Å². The maximum atomic E-state index is 12.7. The van der Waals surface area contributed by atoms with E-state index in [1.54, 1.807) is 12.1 Å². The highest BCUT2D eigenvalue weighted by Crippen LogP contribution is 2.38. The van der Waals surface area contributed by atoms with Gasteiger partial charge < -0.3 is 10.1 Å². The molecule has 2 atom stereocenters. The molecule has 2 rings (SSSR count). The van der Waals surface area contributed by atoms with Gasteiger partial charge in [-0.25, -0.2) is 13.1 Å². The average molecular weight is 397 g/mol. The van der Waals surface area contributed by atoms with Crippen molar-refractivity contribution in [3.8, 4) is 0 Å². The van der Waals surface area contributed by atoms with Crippen LogP contribution in [0.25, 0.3) is 0 Å². The van der Waals surface area contributed by atoms with Crippen molar-refractivity contribution >= 4 is 15.9 Å². The summed E-state index contributed by atoms with van der Waals surface area (Å²) in [5, 5.41) is 3.17.